The molecule has 0 fully saturated rings. The van der Waals surface area contributed by atoms with E-state index in [4.69, 9.17) is 16.3 Å². The van der Waals surface area contributed by atoms with Crippen molar-refractivity contribution in [2.45, 2.75) is 19.6 Å². The number of ether oxygens (including phenoxy) is 1. The monoisotopic (exact) mass is 293 g/mol. The first-order valence-corrected chi connectivity index (χ1v) is 6.83. The van der Waals surface area contributed by atoms with Gasteiger partial charge in [-0.2, -0.15) is 0 Å². The maximum Gasteiger partial charge on any atom is 0.142 e. The lowest BCUT2D eigenvalue weighted by Crippen LogP contribution is -2.13. The molecule has 0 saturated heterocycles. The summed E-state index contributed by atoms with van der Waals surface area (Å²) in [5, 5.41) is 3.29. The second kappa shape index (κ2) is 6.73. The topological polar surface area (TPSA) is 21.3 Å². The van der Waals surface area contributed by atoms with Crippen LogP contribution in [0.15, 0.2) is 42.5 Å². The Bertz CT molecular complexity index is 588. The van der Waals surface area contributed by atoms with Gasteiger partial charge in [-0.15, -0.1) is 0 Å². The summed E-state index contributed by atoms with van der Waals surface area (Å²) in [6.07, 6.45) is 0. The molecule has 1 N–H and O–H groups in total. The second-order valence-electron chi connectivity index (χ2n) is 4.55. The maximum atomic E-state index is 13.4. The molecule has 20 heavy (non-hydrogen) atoms. The van der Waals surface area contributed by atoms with Crippen LogP contribution >= 0.6 is 11.6 Å². The van der Waals surface area contributed by atoms with Crippen molar-refractivity contribution in [3.63, 3.8) is 0 Å². The van der Waals surface area contributed by atoms with E-state index < -0.39 is 5.82 Å². The average molecular weight is 294 g/mol. The molecule has 2 nitrogen and oxygen atoms in total. The van der Waals surface area contributed by atoms with E-state index in [0.717, 1.165) is 11.3 Å². The molecule has 0 amide bonds. The fourth-order valence-electron chi connectivity index (χ4n) is 1.94. The van der Waals surface area contributed by atoms with Gasteiger partial charge in [0.2, 0.25) is 0 Å². The normalized spacial score (nSPS) is 12.2. The molecule has 0 bridgehead atoms. The molecule has 0 radical (unpaired) electrons. The molecule has 106 valence electrons. The maximum absolute atomic E-state index is 13.4. The molecule has 0 aromatic heterocycles. The van der Waals surface area contributed by atoms with Crippen molar-refractivity contribution >= 4 is 11.6 Å². The Balaban J connectivity index is 2.17. The van der Waals surface area contributed by atoms with Crippen molar-refractivity contribution in [1.29, 1.82) is 0 Å². The molecule has 0 heterocycles. The molecule has 2 aromatic rings. The Morgan fingerprint density at radius 2 is 1.95 bits per heavy atom. The standard InChI is InChI=1S/C16H17ClFNO/c1-11(19-2)13-7-3-4-9-15(13)20-10-12-6-5-8-14(18)16(12)17/h3-9,11,19H,10H2,1-2H3. The first kappa shape index (κ1) is 14.8. The number of para-hydroxylation sites is 1. The van der Waals surface area contributed by atoms with Gasteiger partial charge in [0.1, 0.15) is 18.2 Å². The fourth-order valence-corrected chi connectivity index (χ4v) is 2.12. The third-order valence-electron chi connectivity index (χ3n) is 3.23. The van der Waals surface area contributed by atoms with Gasteiger partial charge in [-0.1, -0.05) is 41.9 Å². The Morgan fingerprint density at radius 1 is 1.20 bits per heavy atom. The highest BCUT2D eigenvalue weighted by atomic mass is 35.5. The molecular weight excluding hydrogens is 277 g/mol. The van der Waals surface area contributed by atoms with Crippen LogP contribution in [0.25, 0.3) is 0 Å². The van der Waals surface area contributed by atoms with Gasteiger partial charge in [-0.3, -0.25) is 0 Å². The number of hydrogen-bond acceptors (Lipinski definition) is 2. The molecule has 4 heteroatoms. The zero-order valence-corrected chi connectivity index (χ0v) is 12.2. The molecular formula is C16H17ClFNO. The molecule has 2 rings (SSSR count). The van der Waals surface area contributed by atoms with E-state index >= 15 is 0 Å². The van der Waals surface area contributed by atoms with Crippen LogP contribution in [0, 0.1) is 5.82 Å². The van der Waals surface area contributed by atoms with Gasteiger partial charge in [-0.05, 0) is 26.1 Å². The van der Waals surface area contributed by atoms with Crippen molar-refractivity contribution in [2.75, 3.05) is 7.05 Å². The second-order valence-corrected chi connectivity index (χ2v) is 4.93. The predicted octanol–water partition coefficient (Wildman–Crippen LogP) is 4.34. The molecule has 0 spiro atoms. The van der Waals surface area contributed by atoms with E-state index in [1.54, 1.807) is 12.1 Å². The van der Waals surface area contributed by atoms with Gasteiger partial charge in [0.15, 0.2) is 0 Å². The summed E-state index contributed by atoms with van der Waals surface area (Å²) in [7, 11) is 1.89. The Hall–Kier alpha value is -1.58. The number of rotatable bonds is 5. The van der Waals surface area contributed by atoms with Crippen molar-refractivity contribution in [3.8, 4) is 5.75 Å². The Morgan fingerprint density at radius 3 is 2.70 bits per heavy atom. The lowest BCUT2D eigenvalue weighted by molar-refractivity contribution is 0.300. The minimum absolute atomic E-state index is 0.117. The van der Waals surface area contributed by atoms with Gasteiger partial charge in [0.25, 0.3) is 0 Å². The van der Waals surface area contributed by atoms with Crippen LogP contribution in [0.4, 0.5) is 4.39 Å². The highest BCUT2D eigenvalue weighted by molar-refractivity contribution is 6.31. The molecule has 1 atom stereocenters. The van der Waals surface area contributed by atoms with E-state index in [2.05, 4.69) is 12.2 Å². The zero-order valence-electron chi connectivity index (χ0n) is 11.5. The quantitative estimate of drug-likeness (QED) is 0.885. The summed E-state index contributed by atoms with van der Waals surface area (Å²) in [5.74, 6) is 0.347. The van der Waals surface area contributed by atoms with Crippen LogP contribution in [-0.4, -0.2) is 7.05 Å². The molecule has 0 aliphatic rings. The van der Waals surface area contributed by atoms with Crippen LogP contribution in [0.5, 0.6) is 5.75 Å². The summed E-state index contributed by atoms with van der Waals surface area (Å²) >= 11 is 5.92. The van der Waals surface area contributed by atoms with Crippen LogP contribution in [0.1, 0.15) is 24.1 Å². The van der Waals surface area contributed by atoms with Crippen LogP contribution in [0.3, 0.4) is 0 Å². The first-order valence-electron chi connectivity index (χ1n) is 6.45. The van der Waals surface area contributed by atoms with E-state index in [0.29, 0.717) is 5.56 Å². The minimum atomic E-state index is -0.426. The molecule has 0 saturated carbocycles. The molecule has 0 aliphatic carbocycles. The number of nitrogens with one attached hydrogen (secondary N) is 1. The smallest absolute Gasteiger partial charge is 0.142 e. The number of benzene rings is 2. The summed E-state index contributed by atoms with van der Waals surface area (Å²) in [5.41, 5.74) is 1.70. The van der Waals surface area contributed by atoms with Crippen LogP contribution in [-0.2, 0) is 6.61 Å². The molecule has 2 aromatic carbocycles. The predicted molar refractivity (Wildman–Crippen MR) is 79.7 cm³/mol. The van der Waals surface area contributed by atoms with Gasteiger partial charge < -0.3 is 10.1 Å². The van der Waals surface area contributed by atoms with E-state index in [1.165, 1.54) is 6.07 Å². The number of halogens is 2. The summed E-state index contributed by atoms with van der Waals surface area (Å²) in [6, 6.07) is 12.7. The average Bonchev–Trinajstić information content (AvgIpc) is 2.48. The first-order chi connectivity index (χ1) is 9.63. The Kier molecular flexibility index (Phi) is 4.99. The number of hydrogen-bond donors (Lipinski definition) is 1. The summed E-state index contributed by atoms with van der Waals surface area (Å²) in [4.78, 5) is 0. The lowest BCUT2D eigenvalue weighted by atomic mass is 10.1. The van der Waals surface area contributed by atoms with Crippen LogP contribution < -0.4 is 10.1 Å². The summed E-state index contributed by atoms with van der Waals surface area (Å²) in [6.45, 7) is 2.29. The van der Waals surface area contributed by atoms with Gasteiger partial charge in [-0.25, -0.2) is 4.39 Å². The summed E-state index contributed by atoms with van der Waals surface area (Å²) < 4.78 is 19.2. The molecule has 0 aliphatic heterocycles. The third-order valence-corrected chi connectivity index (χ3v) is 3.66. The Labute approximate surface area is 123 Å². The highest BCUT2D eigenvalue weighted by Gasteiger charge is 2.11. The van der Waals surface area contributed by atoms with E-state index in [-0.39, 0.29) is 17.7 Å². The molecule has 1 unspecified atom stereocenters. The van der Waals surface area contributed by atoms with Crippen LogP contribution in [0.2, 0.25) is 5.02 Å². The minimum Gasteiger partial charge on any atom is -0.489 e. The van der Waals surface area contributed by atoms with E-state index in [9.17, 15) is 4.39 Å². The fraction of sp³-hybridized carbons (Fsp3) is 0.250. The van der Waals surface area contributed by atoms with E-state index in [1.807, 2.05) is 31.3 Å². The van der Waals surface area contributed by atoms with Crippen molar-refractivity contribution in [2.24, 2.45) is 0 Å². The zero-order chi connectivity index (χ0) is 14.5. The largest absolute Gasteiger partial charge is 0.489 e. The van der Waals surface area contributed by atoms with Gasteiger partial charge in [0, 0.05) is 17.2 Å². The van der Waals surface area contributed by atoms with Crippen molar-refractivity contribution < 1.29 is 9.13 Å². The van der Waals surface area contributed by atoms with Crippen molar-refractivity contribution in [1.82, 2.24) is 5.32 Å². The van der Waals surface area contributed by atoms with Gasteiger partial charge in [0.05, 0.1) is 5.02 Å². The van der Waals surface area contributed by atoms with Gasteiger partial charge >= 0.3 is 0 Å². The lowest BCUT2D eigenvalue weighted by Gasteiger charge is -2.16. The SMILES string of the molecule is CNC(C)c1ccccc1OCc1cccc(F)c1Cl. The highest BCUT2D eigenvalue weighted by Crippen LogP contribution is 2.27. The van der Waals surface area contributed by atoms with Crippen molar-refractivity contribution in [3.05, 3.63) is 64.4 Å². The third kappa shape index (κ3) is 3.30.